The maximum absolute atomic E-state index is 11.8. The molecule has 0 saturated carbocycles. The van der Waals surface area contributed by atoms with Crippen LogP contribution in [0.1, 0.15) is 18.4 Å². The zero-order valence-electron chi connectivity index (χ0n) is 14.0. The van der Waals surface area contributed by atoms with Crippen molar-refractivity contribution in [1.82, 2.24) is 20.1 Å². The highest BCUT2D eigenvalue weighted by molar-refractivity contribution is 5.80. The van der Waals surface area contributed by atoms with Gasteiger partial charge in [-0.3, -0.25) is 14.6 Å². The second-order valence-electron chi connectivity index (χ2n) is 5.69. The van der Waals surface area contributed by atoms with Crippen molar-refractivity contribution in [1.29, 1.82) is 0 Å². The van der Waals surface area contributed by atoms with Gasteiger partial charge in [0.2, 0.25) is 5.91 Å². The molecule has 2 aromatic heterocycles. The summed E-state index contributed by atoms with van der Waals surface area (Å²) in [6.07, 6.45) is 5.00. The van der Waals surface area contributed by atoms with Gasteiger partial charge in [-0.25, -0.2) is 4.68 Å². The third-order valence-electron chi connectivity index (χ3n) is 3.81. The molecule has 2 heterocycles. The monoisotopic (exact) mass is 350 g/mol. The highest BCUT2D eigenvalue weighted by atomic mass is 16.4. The Balaban J connectivity index is 1.84. The Labute approximate surface area is 150 Å². The molecule has 0 spiro atoms. The van der Waals surface area contributed by atoms with Crippen molar-refractivity contribution in [2.45, 2.75) is 19.4 Å². The van der Waals surface area contributed by atoms with Gasteiger partial charge in [0.25, 0.3) is 0 Å². The van der Waals surface area contributed by atoms with Crippen LogP contribution in [0.25, 0.3) is 16.9 Å². The Morgan fingerprint density at radius 3 is 2.46 bits per heavy atom. The highest BCUT2D eigenvalue weighted by Crippen LogP contribution is 2.23. The molecule has 0 aliphatic heterocycles. The number of aliphatic carboxylic acids is 1. The lowest BCUT2D eigenvalue weighted by Gasteiger charge is -2.04. The molecule has 0 radical (unpaired) electrons. The molecular weight excluding hydrogens is 332 g/mol. The first-order chi connectivity index (χ1) is 12.6. The predicted octanol–water partition coefficient (Wildman–Crippen LogP) is 2.42. The lowest BCUT2D eigenvalue weighted by atomic mass is 10.1. The first-order valence-electron chi connectivity index (χ1n) is 8.16. The van der Waals surface area contributed by atoms with Crippen molar-refractivity contribution in [3.8, 4) is 16.9 Å². The van der Waals surface area contributed by atoms with Gasteiger partial charge in [-0.2, -0.15) is 5.10 Å². The summed E-state index contributed by atoms with van der Waals surface area (Å²) < 4.78 is 1.76. The number of rotatable bonds is 7. The molecule has 0 fully saturated rings. The third-order valence-corrected chi connectivity index (χ3v) is 3.81. The summed E-state index contributed by atoms with van der Waals surface area (Å²) in [6, 6.07) is 13.4. The Hall–Kier alpha value is -3.48. The van der Waals surface area contributed by atoms with Crippen molar-refractivity contribution >= 4 is 11.9 Å². The fourth-order valence-electron chi connectivity index (χ4n) is 2.51. The number of benzene rings is 1. The first kappa shape index (κ1) is 17.3. The van der Waals surface area contributed by atoms with Crippen LogP contribution in [0.15, 0.2) is 61.1 Å². The number of hydrogen-bond donors (Lipinski definition) is 2. The Kier molecular flexibility index (Phi) is 5.38. The van der Waals surface area contributed by atoms with Crippen LogP contribution in [0, 0.1) is 0 Å². The molecule has 3 aromatic rings. The smallest absolute Gasteiger partial charge is 0.303 e. The molecule has 1 amide bonds. The van der Waals surface area contributed by atoms with E-state index in [0.29, 0.717) is 0 Å². The fraction of sp³-hybridized carbons (Fsp3) is 0.158. The Morgan fingerprint density at radius 2 is 1.77 bits per heavy atom. The minimum absolute atomic E-state index is 0.0489. The summed E-state index contributed by atoms with van der Waals surface area (Å²) in [5, 5.41) is 16.1. The molecule has 0 bridgehead atoms. The van der Waals surface area contributed by atoms with E-state index in [1.165, 1.54) is 0 Å². The van der Waals surface area contributed by atoms with Crippen LogP contribution in [-0.2, 0) is 16.1 Å². The molecule has 7 nitrogen and oxygen atoms in total. The van der Waals surface area contributed by atoms with Gasteiger partial charge >= 0.3 is 5.97 Å². The lowest BCUT2D eigenvalue weighted by Crippen LogP contribution is -2.23. The van der Waals surface area contributed by atoms with Crippen molar-refractivity contribution in [2.24, 2.45) is 0 Å². The van der Waals surface area contributed by atoms with E-state index in [-0.39, 0.29) is 25.3 Å². The molecule has 0 unspecified atom stereocenters. The minimum Gasteiger partial charge on any atom is -0.481 e. The topological polar surface area (TPSA) is 97.1 Å². The standard InChI is InChI=1S/C19H18N4O3/c24-17(6-7-18(25)26)21-12-15-13-23(16-4-2-1-3-5-16)22-19(15)14-8-10-20-11-9-14/h1-5,8-11,13H,6-7,12H2,(H,21,24)(H,25,26). The first-order valence-corrected chi connectivity index (χ1v) is 8.16. The van der Waals surface area contributed by atoms with Crippen LogP contribution in [0.5, 0.6) is 0 Å². The molecule has 3 rings (SSSR count). The van der Waals surface area contributed by atoms with Gasteiger partial charge in [-0.1, -0.05) is 18.2 Å². The SMILES string of the molecule is O=C(O)CCC(=O)NCc1cn(-c2ccccc2)nc1-c1ccncc1. The number of nitrogens with zero attached hydrogens (tertiary/aromatic N) is 3. The van der Waals surface area contributed by atoms with Gasteiger partial charge in [0.1, 0.15) is 0 Å². The van der Waals surface area contributed by atoms with E-state index < -0.39 is 5.97 Å². The van der Waals surface area contributed by atoms with Crippen molar-refractivity contribution in [3.63, 3.8) is 0 Å². The van der Waals surface area contributed by atoms with Crippen LogP contribution in [0.2, 0.25) is 0 Å². The molecule has 2 N–H and O–H groups in total. The number of hydrogen-bond acceptors (Lipinski definition) is 4. The van der Waals surface area contributed by atoms with Crippen LogP contribution >= 0.6 is 0 Å². The molecule has 0 atom stereocenters. The van der Waals surface area contributed by atoms with Gasteiger partial charge in [0, 0.05) is 42.7 Å². The van der Waals surface area contributed by atoms with E-state index in [2.05, 4.69) is 15.4 Å². The maximum atomic E-state index is 11.8. The van der Waals surface area contributed by atoms with Gasteiger partial charge < -0.3 is 10.4 Å². The molecule has 0 aliphatic carbocycles. The second kappa shape index (κ2) is 8.06. The minimum atomic E-state index is -0.991. The van der Waals surface area contributed by atoms with Crippen molar-refractivity contribution < 1.29 is 14.7 Å². The van der Waals surface area contributed by atoms with Crippen molar-refractivity contribution in [2.75, 3.05) is 0 Å². The van der Waals surface area contributed by atoms with Gasteiger partial charge in [0.05, 0.1) is 17.8 Å². The quantitative estimate of drug-likeness (QED) is 0.682. The molecule has 0 aliphatic rings. The summed E-state index contributed by atoms with van der Waals surface area (Å²) in [5.74, 6) is -1.30. The summed E-state index contributed by atoms with van der Waals surface area (Å²) in [4.78, 5) is 26.4. The molecule has 132 valence electrons. The number of carbonyl (C=O) groups is 2. The van der Waals surface area contributed by atoms with Crippen LogP contribution in [0.3, 0.4) is 0 Å². The number of para-hydroxylation sites is 1. The number of carboxylic acid groups (broad SMARTS) is 1. The summed E-state index contributed by atoms with van der Waals surface area (Å²) >= 11 is 0. The average molecular weight is 350 g/mol. The second-order valence-corrected chi connectivity index (χ2v) is 5.69. The van der Waals surface area contributed by atoms with Gasteiger partial charge in [0.15, 0.2) is 0 Å². The number of pyridine rings is 1. The van der Waals surface area contributed by atoms with E-state index in [0.717, 1.165) is 22.5 Å². The fourth-order valence-corrected chi connectivity index (χ4v) is 2.51. The highest BCUT2D eigenvalue weighted by Gasteiger charge is 2.13. The third kappa shape index (κ3) is 4.32. The van der Waals surface area contributed by atoms with Crippen LogP contribution < -0.4 is 5.32 Å². The zero-order chi connectivity index (χ0) is 18.4. The molecule has 1 aromatic carbocycles. The van der Waals surface area contributed by atoms with Crippen LogP contribution in [0.4, 0.5) is 0 Å². The average Bonchev–Trinajstić information content (AvgIpc) is 3.10. The lowest BCUT2D eigenvalue weighted by molar-refractivity contribution is -0.138. The van der Waals surface area contributed by atoms with E-state index in [1.54, 1.807) is 17.1 Å². The summed E-state index contributed by atoms with van der Waals surface area (Å²) in [5.41, 5.74) is 3.38. The van der Waals surface area contributed by atoms with E-state index >= 15 is 0 Å². The van der Waals surface area contributed by atoms with Gasteiger partial charge in [-0.05, 0) is 24.3 Å². The number of carbonyl (C=O) groups excluding carboxylic acids is 1. The number of aromatic nitrogens is 3. The van der Waals surface area contributed by atoms with E-state index in [9.17, 15) is 9.59 Å². The number of nitrogens with one attached hydrogen (secondary N) is 1. The maximum Gasteiger partial charge on any atom is 0.303 e. The Bertz CT molecular complexity index is 892. The molecule has 0 saturated heterocycles. The Morgan fingerprint density at radius 1 is 1.04 bits per heavy atom. The van der Waals surface area contributed by atoms with Crippen molar-refractivity contribution in [3.05, 3.63) is 66.6 Å². The molecular formula is C19H18N4O3. The predicted molar refractivity (Wildman–Crippen MR) is 95.5 cm³/mol. The van der Waals surface area contributed by atoms with E-state index in [4.69, 9.17) is 5.11 Å². The zero-order valence-corrected chi connectivity index (χ0v) is 14.0. The summed E-state index contributed by atoms with van der Waals surface area (Å²) in [6.45, 7) is 0.267. The molecule has 7 heteroatoms. The normalized spacial score (nSPS) is 10.5. The molecule has 26 heavy (non-hydrogen) atoms. The number of carboxylic acids is 1. The van der Waals surface area contributed by atoms with Gasteiger partial charge in [-0.15, -0.1) is 0 Å². The number of amides is 1. The summed E-state index contributed by atoms with van der Waals surface area (Å²) in [7, 11) is 0. The van der Waals surface area contributed by atoms with Crippen LogP contribution in [-0.4, -0.2) is 31.7 Å². The largest absolute Gasteiger partial charge is 0.481 e. The van der Waals surface area contributed by atoms with E-state index in [1.807, 2.05) is 48.7 Å².